The molecule has 1 fully saturated rings. The van der Waals surface area contributed by atoms with E-state index in [-0.39, 0.29) is 11.7 Å². The van der Waals surface area contributed by atoms with E-state index in [0.29, 0.717) is 11.1 Å². The van der Waals surface area contributed by atoms with Gasteiger partial charge in [0.05, 0.1) is 11.4 Å². The lowest BCUT2D eigenvalue weighted by atomic mass is 10.0. The Kier molecular flexibility index (Phi) is 6.25. The lowest BCUT2D eigenvalue weighted by Gasteiger charge is -2.35. The predicted molar refractivity (Wildman–Crippen MR) is 133 cm³/mol. The molecule has 0 aliphatic carbocycles. The number of nitrogens with zero attached hydrogens (tertiary/aromatic N) is 7. The normalized spacial score (nSPS) is 14.7. The summed E-state index contributed by atoms with van der Waals surface area (Å²) >= 11 is 1.30. The van der Waals surface area contributed by atoms with Crippen LogP contribution < -0.4 is 5.84 Å². The van der Waals surface area contributed by atoms with Crippen molar-refractivity contribution in [1.82, 2.24) is 34.5 Å². The predicted octanol–water partition coefficient (Wildman–Crippen LogP) is 2.38. The largest absolute Gasteiger partial charge is 0.339 e. The first-order valence-electron chi connectivity index (χ1n) is 11.3. The fraction of sp³-hybridized carbons (Fsp3) is 0.333. The van der Waals surface area contributed by atoms with Gasteiger partial charge in [-0.1, -0.05) is 54.2 Å². The molecular formula is C24H28N8OS. The van der Waals surface area contributed by atoms with Crippen LogP contribution in [0.2, 0.25) is 0 Å². The number of benzene rings is 2. The molecule has 34 heavy (non-hydrogen) atoms. The highest BCUT2D eigenvalue weighted by Gasteiger charge is 2.23. The van der Waals surface area contributed by atoms with Crippen molar-refractivity contribution in [1.29, 1.82) is 0 Å². The summed E-state index contributed by atoms with van der Waals surface area (Å²) in [4.78, 5) is 17.2. The third kappa shape index (κ3) is 4.51. The average molecular weight is 477 g/mol. The number of piperazine rings is 1. The number of hydrogen-bond acceptors (Lipinski definition) is 7. The summed E-state index contributed by atoms with van der Waals surface area (Å²) < 4.78 is 3.04. The molecule has 0 atom stereocenters. The van der Waals surface area contributed by atoms with E-state index in [0.717, 1.165) is 44.1 Å². The van der Waals surface area contributed by atoms with Gasteiger partial charge in [-0.25, -0.2) is 9.36 Å². The van der Waals surface area contributed by atoms with Crippen molar-refractivity contribution >= 4 is 28.4 Å². The highest BCUT2D eigenvalue weighted by atomic mass is 32.2. The number of fused-ring (bicyclic) bond motifs is 1. The molecule has 0 spiro atoms. The number of thioether (sulfide) groups is 1. The second kappa shape index (κ2) is 9.47. The van der Waals surface area contributed by atoms with E-state index < -0.39 is 0 Å². The minimum Gasteiger partial charge on any atom is -0.339 e. The average Bonchev–Trinajstić information content (AvgIpc) is 3.38. The van der Waals surface area contributed by atoms with E-state index in [1.807, 2.05) is 24.8 Å². The summed E-state index contributed by atoms with van der Waals surface area (Å²) in [5, 5.41) is 15.8. The molecule has 2 aromatic carbocycles. The molecule has 1 aliphatic heterocycles. The second-order valence-corrected chi connectivity index (χ2v) is 9.52. The van der Waals surface area contributed by atoms with Crippen LogP contribution in [0.1, 0.15) is 17.0 Å². The molecule has 4 aromatic rings. The molecule has 0 bridgehead atoms. The molecule has 2 aromatic heterocycles. The number of aromatic nitrogens is 5. The van der Waals surface area contributed by atoms with Crippen LogP contribution in [0, 0.1) is 13.8 Å². The number of aryl methyl sites for hydroxylation is 2. The van der Waals surface area contributed by atoms with Crippen molar-refractivity contribution < 1.29 is 4.79 Å². The van der Waals surface area contributed by atoms with Gasteiger partial charge in [0, 0.05) is 38.4 Å². The molecular weight excluding hydrogens is 448 g/mol. The number of amides is 1. The molecule has 0 saturated carbocycles. The van der Waals surface area contributed by atoms with Gasteiger partial charge in [0.1, 0.15) is 0 Å². The third-order valence-corrected chi connectivity index (χ3v) is 7.10. The highest BCUT2D eigenvalue weighted by Crippen LogP contribution is 2.21. The van der Waals surface area contributed by atoms with Crippen LogP contribution in [0.15, 0.2) is 53.7 Å². The van der Waals surface area contributed by atoms with Crippen LogP contribution in [0.4, 0.5) is 0 Å². The van der Waals surface area contributed by atoms with E-state index in [2.05, 4.69) is 62.7 Å². The molecule has 1 saturated heterocycles. The van der Waals surface area contributed by atoms with Gasteiger partial charge in [0.2, 0.25) is 11.1 Å². The van der Waals surface area contributed by atoms with Crippen LogP contribution in [0.5, 0.6) is 0 Å². The molecule has 10 heteroatoms. The van der Waals surface area contributed by atoms with Crippen molar-refractivity contribution in [2.24, 2.45) is 0 Å². The van der Waals surface area contributed by atoms with Crippen LogP contribution in [-0.2, 0) is 11.3 Å². The molecule has 9 nitrogen and oxygen atoms in total. The van der Waals surface area contributed by atoms with Gasteiger partial charge < -0.3 is 10.7 Å². The monoisotopic (exact) mass is 476 g/mol. The van der Waals surface area contributed by atoms with Crippen LogP contribution in [-0.4, -0.2) is 72.3 Å². The molecule has 3 heterocycles. The van der Waals surface area contributed by atoms with E-state index in [4.69, 9.17) is 5.84 Å². The Morgan fingerprint density at radius 2 is 1.79 bits per heavy atom. The fourth-order valence-corrected chi connectivity index (χ4v) is 5.14. The maximum atomic E-state index is 12.8. The van der Waals surface area contributed by atoms with Gasteiger partial charge in [0.25, 0.3) is 5.95 Å². The SMILES string of the molecule is Cc1cc(C)n(-c2nnc(SCC(=O)N3CCN(Cc4cccc5ccccc45)CC3)n2N)n1. The zero-order valence-corrected chi connectivity index (χ0v) is 20.2. The Morgan fingerprint density at radius 1 is 1.03 bits per heavy atom. The first-order chi connectivity index (χ1) is 16.5. The number of nitrogens with two attached hydrogens (primary N) is 1. The first kappa shape index (κ1) is 22.4. The summed E-state index contributed by atoms with van der Waals surface area (Å²) in [5.41, 5.74) is 3.13. The summed E-state index contributed by atoms with van der Waals surface area (Å²) in [7, 11) is 0. The number of hydrogen-bond donors (Lipinski definition) is 1. The van der Waals surface area contributed by atoms with Gasteiger partial charge in [-0.2, -0.15) is 5.10 Å². The van der Waals surface area contributed by atoms with Crippen LogP contribution >= 0.6 is 11.8 Å². The number of nitrogen functional groups attached to an aromatic ring is 1. The van der Waals surface area contributed by atoms with Crippen molar-refractivity contribution in [2.45, 2.75) is 25.5 Å². The number of carbonyl (C=O) groups excluding carboxylic acids is 1. The quantitative estimate of drug-likeness (QED) is 0.337. The number of carbonyl (C=O) groups is 1. The highest BCUT2D eigenvalue weighted by molar-refractivity contribution is 7.99. The summed E-state index contributed by atoms with van der Waals surface area (Å²) in [5.74, 6) is 6.98. The summed E-state index contributed by atoms with van der Waals surface area (Å²) in [6.45, 7) is 7.89. The zero-order valence-electron chi connectivity index (χ0n) is 19.4. The lowest BCUT2D eigenvalue weighted by molar-refractivity contribution is -0.130. The molecule has 0 unspecified atom stereocenters. The van der Waals surface area contributed by atoms with Crippen molar-refractivity contribution in [2.75, 3.05) is 37.8 Å². The first-order valence-corrected chi connectivity index (χ1v) is 12.3. The van der Waals surface area contributed by atoms with Crippen molar-refractivity contribution in [3.8, 4) is 5.95 Å². The summed E-state index contributed by atoms with van der Waals surface area (Å²) in [6, 6.07) is 16.9. The standard InChI is InChI=1S/C24H28N8OS/c1-17-14-18(2)32(28-17)23-26-27-24(31(23)25)34-16-22(33)30-12-10-29(11-13-30)15-20-8-5-7-19-6-3-4-9-21(19)20/h3-9,14H,10-13,15-16,25H2,1-2H3. The van der Waals surface area contributed by atoms with E-state index in [9.17, 15) is 4.79 Å². The Balaban J connectivity index is 1.15. The topological polar surface area (TPSA) is 98.1 Å². The van der Waals surface area contributed by atoms with Crippen LogP contribution in [0.25, 0.3) is 16.7 Å². The Labute approximate surface area is 202 Å². The smallest absolute Gasteiger partial charge is 0.271 e. The van der Waals surface area contributed by atoms with E-state index in [1.54, 1.807) is 4.68 Å². The van der Waals surface area contributed by atoms with Gasteiger partial charge in [-0.05, 0) is 36.2 Å². The second-order valence-electron chi connectivity index (χ2n) is 8.58. The molecule has 176 valence electrons. The van der Waals surface area contributed by atoms with Gasteiger partial charge in [-0.15, -0.1) is 10.2 Å². The Morgan fingerprint density at radius 3 is 2.56 bits per heavy atom. The third-order valence-electron chi connectivity index (χ3n) is 6.17. The van der Waals surface area contributed by atoms with E-state index in [1.165, 1.54) is 32.8 Å². The molecule has 0 radical (unpaired) electrons. The fourth-order valence-electron chi connectivity index (χ4n) is 4.39. The minimum atomic E-state index is 0.0884. The van der Waals surface area contributed by atoms with Crippen LogP contribution in [0.3, 0.4) is 0 Å². The Hall–Kier alpha value is -3.37. The zero-order chi connectivity index (χ0) is 23.7. The maximum Gasteiger partial charge on any atom is 0.271 e. The van der Waals surface area contributed by atoms with Gasteiger partial charge in [0.15, 0.2) is 0 Å². The van der Waals surface area contributed by atoms with Gasteiger partial charge in [-0.3, -0.25) is 9.69 Å². The lowest BCUT2D eigenvalue weighted by Crippen LogP contribution is -2.48. The minimum absolute atomic E-state index is 0.0884. The molecule has 5 rings (SSSR count). The molecule has 1 amide bonds. The van der Waals surface area contributed by atoms with Gasteiger partial charge >= 0.3 is 0 Å². The van der Waals surface area contributed by atoms with Crippen molar-refractivity contribution in [3.63, 3.8) is 0 Å². The maximum absolute atomic E-state index is 12.8. The van der Waals surface area contributed by atoms with E-state index >= 15 is 0 Å². The summed E-state index contributed by atoms with van der Waals surface area (Å²) in [6.07, 6.45) is 0. The molecule has 2 N–H and O–H groups in total. The number of rotatable bonds is 6. The van der Waals surface area contributed by atoms with Crippen molar-refractivity contribution in [3.05, 3.63) is 65.5 Å². The Bertz CT molecular complexity index is 1320. The molecule has 1 aliphatic rings.